The lowest BCUT2D eigenvalue weighted by atomic mass is 10.1. The molecule has 0 unspecified atom stereocenters. The molecule has 7 heteroatoms. The number of rotatable bonds is 7. The third kappa shape index (κ3) is 4.39. The maximum absolute atomic E-state index is 12.6. The van der Waals surface area contributed by atoms with Crippen molar-refractivity contribution < 1.29 is 22.7 Å². The van der Waals surface area contributed by atoms with Crippen LogP contribution in [0.2, 0.25) is 0 Å². The van der Waals surface area contributed by atoms with Gasteiger partial charge in [0.1, 0.15) is 5.75 Å². The number of ether oxygens (including phenoxy) is 1. The van der Waals surface area contributed by atoms with Gasteiger partial charge in [0.2, 0.25) is 0 Å². The SMILES string of the molecule is CCC(=O)c1ccc(OCC(=O)N(C2CC2)[C@@H]2CCS(=O)(=O)C2)cc1. The van der Waals surface area contributed by atoms with Crippen molar-refractivity contribution in [1.29, 1.82) is 0 Å². The van der Waals surface area contributed by atoms with E-state index in [1.807, 2.05) is 0 Å². The van der Waals surface area contributed by atoms with Crippen molar-refractivity contribution in [3.05, 3.63) is 29.8 Å². The van der Waals surface area contributed by atoms with Crippen LogP contribution in [0.25, 0.3) is 0 Å². The van der Waals surface area contributed by atoms with Crippen LogP contribution in [0.15, 0.2) is 24.3 Å². The summed E-state index contributed by atoms with van der Waals surface area (Å²) in [4.78, 5) is 25.9. The zero-order chi connectivity index (χ0) is 18.0. The minimum absolute atomic E-state index is 0.0586. The van der Waals surface area contributed by atoms with E-state index in [1.165, 1.54) is 0 Å². The Kier molecular flexibility index (Phi) is 5.13. The van der Waals surface area contributed by atoms with Crippen molar-refractivity contribution in [3.8, 4) is 5.75 Å². The first kappa shape index (κ1) is 17.9. The van der Waals surface area contributed by atoms with E-state index in [4.69, 9.17) is 4.74 Å². The van der Waals surface area contributed by atoms with Gasteiger partial charge in [0.15, 0.2) is 22.2 Å². The third-order valence-electron chi connectivity index (χ3n) is 4.69. The summed E-state index contributed by atoms with van der Waals surface area (Å²) in [5.74, 6) is 0.629. The van der Waals surface area contributed by atoms with Crippen LogP contribution in [-0.2, 0) is 14.6 Å². The van der Waals surface area contributed by atoms with Crippen LogP contribution >= 0.6 is 0 Å². The largest absolute Gasteiger partial charge is 0.484 e. The molecule has 1 atom stereocenters. The van der Waals surface area contributed by atoms with Crippen LogP contribution in [0.3, 0.4) is 0 Å². The molecule has 1 aromatic rings. The molecule has 136 valence electrons. The fourth-order valence-corrected chi connectivity index (χ4v) is 4.93. The average Bonchev–Trinajstić information content (AvgIpc) is 3.36. The van der Waals surface area contributed by atoms with Gasteiger partial charge in [-0.05, 0) is 43.5 Å². The number of nitrogens with zero attached hydrogens (tertiary/aromatic N) is 1. The van der Waals surface area contributed by atoms with E-state index in [-0.39, 0.29) is 41.9 Å². The highest BCUT2D eigenvalue weighted by Crippen LogP contribution is 2.32. The fourth-order valence-electron chi connectivity index (χ4n) is 3.21. The Balaban J connectivity index is 1.60. The van der Waals surface area contributed by atoms with Crippen LogP contribution < -0.4 is 4.74 Å². The molecule has 1 saturated heterocycles. The topological polar surface area (TPSA) is 80.8 Å². The van der Waals surface area contributed by atoms with E-state index >= 15 is 0 Å². The highest BCUT2D eigenvalue weighted by atomic mass is 32.2. The number of carbonyl (C=O) groups excluding carboxylic acids is 2. The molecule has 1 saturated carbocycles. The van der Waals surface area contributed by atoms with Gasteiger partial charge in [-0.1, -0.05) is 6.92 Å². The van der Waals surface area contributed by atoms with Crippen molar-refractivity contribution in [1.82, 2.24) is 4.90 Å². The Labute approximate surface area is 148 Å². The van der Waals surface area contributed by atoms with Crippen LogP contribution in [0, 0.1) is 0 Å². The number of benzene rings is 1. The summed E-state index contributed by atoms with van der Waals surface area (Å²) >= 11 is 0. The van der Waals surface area contributed by atoms with Crippen molar-refractivity contribution in [2.24, 2.45) is 0 Å². The normalized spacial score (nSPS) is 21.7. The first-order valence-corrected chi connectivity index (χ1v) is 10.5. The molecule has 2 aliphatic rings. The third-order valence-corrected chi connectivity index (χ3v) is 6.44. The molecule has 25 heavy (non-hydrogen) atoms. The molecule has 0 radical (unpaired) electrons. The summed E-state index contributed by atoms with van der Waals surface area (Å²) in [7, 11) is -3.03. The minimum atomic E-state index is -3.03. The molecule has 2 fully saturated rings. The Morgan fingerprint density at radius 2 is 1.80 bits per heavy atom. The van der Waals surface area contributed by atoms with E-state index in [9.17, 15) is 18.0 Å². The molecular weight excluding hydrogens is 342 g/mol. The molecule has 1 heterocycles. The predicted molar refractivity (Wildman–Crippen MR) is 93.5 cm³/mol. The summed E-state index contributed by atoms with van der Waals surface area (Å²) in [6.07, 6.45) is 2.81. The van der Waals surface area contributed by atoms with E-state index in [1.54, 1.807) is 36.1 Å². The molecular formula is C18H23NO5S. The molecule has 0 bridgehead atoms. The number of hydrogen-bond acceptors (Lipinski definition) is 5. The number of sulfone groups is 1. The van der Waals surface area contributed by atoms with Crippen LogP contribution in [0.4, 0.5) is 0 Å². The lowest BCUT2D eigenvalue weighted by Gasteiger charge is -2.28. The van der Waals surface area contributed by atoms with Crippen molar-refractivity contribution in [2.45, 2.75) is 44.7 Å². The molecule has 6 nitrogen and oxygen atoms in total. The number of ketones is 1. The summed E-state index contributed by atoms with van der Waals surface area (Å²) < 4.78 is 29.0. The first-order chi connectivity index (χ1) is 11.9. The van der Waals surface area contributed by atoms with Gasteiger partial charge >= 0.3 is 0 Å². The number of hydrogen-bond donors (Lipinski definition) is 0. The second-order valence-electron chi connectivity index (χ2n) is 6.68. The maximum atomic E-state index is 12.6. The Morgan fingerprint density at radius 1 is 1.12 bits per heavy atom. The van der Waals surface area contributed by atoms with Gasteiger partial charge in [0.05, 0.1) is 11.5 Å². The minimum Gasteiger partial charge on any atom is -0.484 e. The molecule has 1 aromatic carbocycles. The molecule has 1 aliphatic heterocycles. The lowest BCUT2D eigenvalue weighted by molar-refractivity contribution is -0.135. The van der Waals surface area contributed by atoms with Gasteiger partial charge in [-0.25, -0.2) is 8.42 Å². The Morgan fingerprint density at radius 3 is 2.32 bits per heavy atom. The van der Waals surface area contributed by atoms with Gasteiger partial charge in [-0.15, -0.1) is 0 Å². The quantitative estimate of drug-likeness (QED) is 0.689. The fraction of sp³-hybridized carbons (Fsp3) is 0.556. The van der Waals surface area contributed by atoms with Crippen molar-refractivity contribution in [2.75, 3.05) is 18.1 Å². The van der Waals surface area contributed by atoms with Crippen LogP contribution in [0.1, 0.15) is 43.0 Å². The lowest BCUT2D eigenvalue weighted by Crippen LogP contribution is -2.45. The molecule has 0 aromatic heterocycles. The van der Waals surface area contributed by atoms with Crippen molar-refractivity contribution in [3.63, 3.8) is 0 Å². The van der Waals surface area contributed by atoms with Gasteiger partial charge in [0, 0.05) is 24.1 Å². The Bertz CT molecular complexity index is 752. The standard InChI is InChI=1S/C18H23NO5S/c1-2-17(20)13-3-7-16(8-4-13)24-11-18(21)19(14-5-6-14)15-9-10-25(22,23)12-15/h3-4,7-8,14-15H,2,5-6,9-12H2,1H3/t15-/m1/s1. The number of carbonyl (C=O) groups is 2. The molecule has 0 N–H and O–H groups in total. The summed E-state index contributed by atoms with van der Waals surface area (Å²) in [6.45, 7) is 1.69. The predicted octanol–water partition coefficient (Wildman–Crippen LogP) is 1.84. The van der Waals surface area contributed by atoms with Crippen LogP contribution in [-0.4, -0.2) is 55.2 Å². The van der Waals surface area contributed by atoms with Gasteiger partial charge in [0.25, 0.3) is 5.91 Å². The highest BCUT2D eigenvalue weighted by Gasteiger charge is 2.42. The summed E-state index contributed by atoms with van der Waals surface area (Å²) in [5.41, 5.74) is 0.622. The van der Waals surface area contributed by atoms with E-state index < -0.39 is 9.84 Å². The second kappa shape index (κ2) is 7.15. The van der Waals surface area contributed by atoms with Gasteiger partial charge in [-0.2, -0.15) is 0 Å². The smallest absolute Gasteiger partial charge is 0.261 e. The summed E-state index contributed by atoms with van der Waals surface area (Å²) in [5, 5.41) is 0. The van der Waals surface area contributed by atoms with E-state index in [2.05, 4.69) is 0 Å². The summed E-state index contributed by atoms with van der Waals surface area (Å²) in [6, 6.07) is 6.66. The number of Topliss-reactive ketones (excluding diaryl/α,β-unsaturated/α-hetero) is 1. The monoisotopic (exact) mass is 365 g/mol. The van der Waals surface area contributed by atoms with Crippen molar-refractivity contribution >= 4 is 21.5 Å². The van der Waals surface area contributed by atoms with Crippen LogP contribution in [0.5, 0.6) is 5.75 Å². The zero-order valence-corrected chi connectivity index (χ0v) is 15.1. The average molecular weight is 365 g/mol. The van der Waals surface area contributed by atoms with Gasteiger partial charge < -0.3 is 9.64 Å². The maximum Gasteiger partial charge on any atom is 0.261 e. The second-order valence-corrected chi connectivity index (χ2v) is 8.91. The molecule has 1 aliphatic carbocycles. The van der Waals surface area contributed by atoms with E-state index in [0.717, 1.165) is 12.8 Å². The molecule has 0 spiro atoms. The highest BCUT2D eigenvalue weighted by molar-refractivity contribution is 7.91. The zero-order valence-electron chi connectivity index (χ0n) is 14.3. The Hall–Kier alpha value is -1.89. The molecule has 1 amide bonds. The number of amides is 1. The van der Waals surface area contributed by atoms with E-state index in [0.29, 0.717) is 24.2 Å². The van der Waals surface area contributed by atoms with Gasteiger partial charge in [-0.3, -0.25) is 9.59 Å². The first-order valence-electron chi connectivity index (χ1n) is 8.67. The molecule has 3 rings (SSSR count).